The number of nitrogens with zero attached hydrogens (tertiary/aromatic N) is 2. The highest BCUT2D eigenvalue weighted by Crippen LogP contribution is 2.42. The largest absolute Gasteiger partial charge is 0.161 e. The fourth-order valence-electron chi connectivity index (χ4n) is 4.27. The van der Waals surface area contributed by atoms with Crippen LogP contribution in [0.4, 0.5) is 0 Å². The molecule has 0 aliphatic carbocycles. The van der Waals surface area contributed by atoms with E-state index in [-0.39, 0.29) is 0 Å². The van der Waals surface area contributed by atoms with E-state index in [4.69, 9.17) is 28.3 Å². The van der Waals surface area contributed by atoms with Crippen molar-refractivity contribution < 1.29 is 0 Å². The minimum absolute atomic E-state index is 0.598. The molecule has 4 heteroatoms. The zero-order valence-electron chi connectivity index (χ0n) is 19.2. The molecule has 0 spiro atoms. The van der Waals surface area contributed by atoms with Crippen LogP contribution in [0.5, 0.6) is 0 Å². The number of hydrogen-bond donors (Lipinski definition) is 0. The Labute approximate surface area is 211 Å². The van der Waals surface area contributed by atoms with Gasteiger partial charge in [-0.3, -0.25) is 0 Å². The molecule has 0 fully saturated rings. The van der Waals surface area contributed by atoms with Crippen molar-refractivity contribution in [2.75, 3.05) is 0 Å². The standard InChI is InChI=1S/C30H26Cl2N2/c1-22(2)33-34-29(21-23-13-17-27(31)18-14-23)30(24-9-5-3-6-10-24,25-11-7-4-8-12-25)26-15-19-28(32)20-16-26/h3-20H,21H2,1-2H3/b34-29+. The third-order valence-electron chi connectivity index (χ3n) is 5.78. The zero-order valence-corrected chi connectivity index (χ0v) is 20.8. The third kappa shape index (κ3) is 5.14. The molecule has 170 valence electrons. The van der Waals surface area contributed by atoms with Gasteiger partial charge in [0.2, 0.25) is 0 Å². The highest BCUT2D eigenvalue weighted by molar-refractivity contribution is 6.30. The molecular formula is C30H26Cl2N2. The molecule has 0 saturated carbocycles. The lowest BCUT2D eigenvalue weighted by Gasteiger charge is -2.37. The second-order valence-corrected chi connectivity index (χ2v) is 9.26. The summed E-state index contributed by atoms with van der Waals surface area (Å²) in [4.78, 5) is 0. The molecule has 0 heterocycles. The molecule has 4 rings (SSSR count). The van der Waals surface area contributed by atoms with Crippen molar-refractivity contribution in [2.45, 2.75) is 25.7 Å². The topological polar surface area (TPSA) is 24.7 Å². The van der Waals surface area contributed by atoms with E-state index in [1.165, 1.54) is 0 Å². The van der Waals surface area contributed by atoms with Gasteiger partial charge < -0.3 is 0 Å². The number of hydrogen-bond acceptors (Lipinski definition) is 2. The summed E-state index contributed by atoms with van der Waals surface area (Å²) < 4.78 is 0. The summed E-state index contributed by atoms with van der Waals surface area (Å²) in [6, 6.07) is 36.9. The Morgan fingerprint density at radius 3 is 1.50 bits per heavy atom. The fraction of sp³-hybridized carbons (Fsp3) is 0.133. The number of halogens is 2. The van der Waals surface area contributed by atoms with E-state index >= 15 is 0 Å². The van der Waals surface area contributed by atoms with Crippen molar-refractivity contribution >= 4 is 34.6 Å². The molecule has 0 aliphatic heterocycles. The van der Waals surface area contributed by atoms with Crippen LogP contribution in [0.25, 0.3) is 0 Å². The lowest BCUT2D eigenvalue weighted by Crippen LogP contribution is -2.40. The molecule has 0 unspecified atom stereocenters. The van der Waals surface area contributed by atoms with Crippen molar-refractivity contribution in [1.82, 2.24) is 0 Å². The van der Waals surface area contributed by atoms with Crippen LogP contribution in [0.1, 0.15) is 36.1 Å². The highest BCUT2D eigenvalue weighted by atomic mass is 35.5. The van der Waals surface area contributed by atoms with Crippen LogP contribution in [0.15, 0.2) is 119 Å². The van der Waals surface area contributed by atoms with Crippen molar-refractivity contribution in [1.29, 1.82) is 0 Å². The SMILES string of the molecule is CC(C)=N/N=C(\Cc1ccc(Cl)cc1)C(c1ccccc1)(c1ccccc1)c1ccc(Cl)cc1. The predicted molar refractivity (Wildman–Crippen MR) is 146 cm³/mol. The van der Waals surface area contributed by atoms with E-state index in [0.29, 0.717) is 16.5 Å². The second-order valence-electron chi connectivity index (χ2n) is 8.39. The Morgan fingerprint density at radius 1 is 0.588 bits per heavy atom. The Kier molecular flexibility index (Phi) is 7.62. The third-order valence-corrected chi connectivity index (χ3v) is 6.28. The summed E-state index contributed by atoms with van der Waals surface area (Å²) >= 11 is 12.5. The maximum atomic E-state index is 6.32. The van der Waals surface area contributed by atoms with Crippen LogP contribution in [0.2, 0.25) is 10.0 Å². The van der Waals surface area contributed by atoms with Crippen molar-refractivity contribution in [2.24, 2.45) is 10.2 Å². The average Bonchev–Trinajstić information content (AvgIpc) is 2.86. The van der Waals surface area contributed by atoms with Gasteiger partial charge in [0.15, 0.2) is 0 Å². The van der Waals surface area contributed by atoms with Crippen LogP contribution in [-0.2, 0) is 11.8 Å². The first-order chi connectivity index (χ1) is 16.5. The summed E-state index contributed by atoms with van der Waals surface area (Å²) in [5.74, 6) is 0. The van der Waals surface area contributed by atoms with Crippen molar-refractivity contribution in [3.8, 4) is 0 Å². The van der Waals surface area contributed by atoms with Gasteiger partial charge in [0.1, 0.15) is 0 Å². The fourth-order valence-corrected chi connectivity index (χ4v) is 4.53. The summed E-state index contributed by atoms with van der Waals surface area (Å²) in [7, 11) is 0. The van der Waals surface area contributed by atoms with Gasteiger partial charge in [0.05, 0.1) is 11.1 Å². The maximum Gasteiger partial charge on any atom is 0.0856 e. The Morgan fingerprint density at radius 2 is 1.03 bits per heavy atom. The van der Waals surface area contributed by atoms with Gasteiger partial charge in [-0.2, -0.15) is 10.2 Å². The lowest BCUT2D eigenvalue weighted by molar-refractivity contribution is 0.803. The van der Waals surface area contributed by atoms with Gasteiger partial charge in [-0.15, -0.1) is 0 Å². The highest BCUT2D eigenvalue weighted by Gasteiger charge is 2.41. The predicted octanol–water partition coefficient (Wildman–Crippen LogP) is 8.41. The van der Waals surface area contributed by atoms with E-state index in [1.807, 2.05) is 62.4 Å². The summed E-state index contributed by atoms with van der Waals surface area (Å²) in [6.07, 6.45) is 0.598. The van der Waals surface area contributed by atoms with Crippen LogP contribution in [0.3, 0.4) is 0 Å². The summed E-state index contributed by atoms with van der Waals surface area (Å²) in [6.45, 7) is 3.91. The minimum atomic E-state index is -0.675. The minimum Gasteiger partial charge on any atom is -0.161 e. The van der Waals surface area contributed by atoms with E-state index < -0.39 is 5.41 Å². The second kappa shape index (κ2) is 10.8. The molecule has 0 aromatic heterocycles. The summed E-state index contributed by atoms with van der Waals surface area (Å²) in [5.41, 5.74) is 5.53. The van der Waals surface area contributed by atoms with Gasteiger partial charge in [-0.1, -0.05) is 108 Å². The summed E-state index contributed by atoms with van der Waals surface area (Å²) in [5, 5.41) is 10.9. The first-order valence-electron chi connectivity index (χ1n) is 11.2. The maximum absolute atomic E-state index is 6.32. The molecular weight excluding hydrogens is 459 g/mol. The first-order valence-corrected chi connectivity index (χ1v) is 12.0. The number of rotatable bonds is 7. The van der Waals surface area contributed by atoms with Crippen molar-refractivity contribution in [3.05, 3.63) is 141 Å². The number of benzene rings is 4. The smallest absolute Gasteiger partial charge is 0.0856 e. The van der Waals surface area contributed by atoms with E-state index in [0.717, 1.165) is 33.7 Å². The monoisotopic (exact) mass is 484 g/mol. The van der Waals surface area contributed by atoms with Crippen LogP contribution < -0.4 is 0 Å². The molecule has 0 aliphatic rings. The van der Waals surface area contributed by atoms with E-state index in [1.54, 1.807) is 0 Å². The van der Waals surface area contributed by atoms with Gasteiger partial charge in [0.25, 0.3) is 0 Å². The molecule has 2 nitrogen and oxygen atoms in total. The van der Waals surface area contributed by atoms with Gasteiger partial charge in [-0.25, -0.2) is 0 Å². The Bertz CT molecular complexity index is 1230. The Hall–Kier alpha value is -3.20. The van der Waals surface area contributed by atoms with Gasteiger partial charge in [-0.05, 0) is 60.4 Å². The lowest BCUT2D eigenvalue weighted by atomic mass is 9.65. The van der Waals surface area contributed by atoms with Gasteiger partial charge >= 0.3 is 0 Å². The normalized spacial score (nSPS) is 11.8. The molecule has 0 atom stereocenters. The van der Waals surface area contributed by atoms with Crippen LogP contribution in [0, 0.1) is 0 Å². The molecule has 4 aromatic carbocycles. The van der Waals surface area contributed by atoms with Crippen LogP contribution >= 0.6 is 23.2 Å². The van der Waals surface area contributed by atoms with E-state index in [2.05, 4.69) is 65.8 Å². The molecule has 0 N–H and O–H groups in total. The van der Waals surface area contributed by atoms with Crippen molar-refractivity contribution in [3.63, 3.8) is 0 Å². The first kappa shape index (κ1) is 23.9. The molecule has 0 bridgehead atoms. The van der Waals surface area contributed by atoms with E-state index in [9.17, 15) is 0 Å². The molecule has 4 aromatic rings. The molecule has 0 saturated heterocycles. The van der Waals surface area contributed by atoms with Crippen LogP contribution in [-0.4, -0.2) is 11.4 Å². The molecule has 0 radical (unpaired) electrons. The zero-order chi connectivity index (χ0) is 24.0. The molecule has 34 heavy (non-hydrogen) atoms. The quantitative estimate of drug-likeness (QED) is 0.143. The van der Waals surface area contributed by atoms with Gasteiger partial charge in [0, 0.05) is 22.2 Å². The Balaban J connectivity index is 2.07. The molecule has 0 amide bonds. The average molecular weight is 485 g/mol.